The van der Waals surface area contributed by atoms with E-state index in [2.05, 4.69) is 0 Å². The van der Waals surface area contributed by atoms with E-state index >= 15 is 0 Å². The van der Waals surface area contributed by atoms with E-state index in [1.165, 1.54) is 0 Å². The summed E-state index contributed by atoms with van der Waals surface area (Å²) in [6.07, 6.45) is -2.07. The van der Waals surface area contributed by atoms with Gasteiger partial charge in [0.25, 0.3) is 6.17 Å². The Morgan fingerprint density at radius 3 is 1.57 bits per heavy atom. The van der Waals surface area contributed by atoms with E-state index in [-0.39, 0.29) is 49.2 Å². The molecule has 1 aliphatic rings. The summed E-state index contributed by atoms with van der Waals surface area (Å²) < 4.78 is 59.9. The summed E-state index contributed by atoms with van der Waals surface area (Å²) >= 11 is 0. The zero-order valence-corrected chi connectivity index (χ0v) is 10.2. The van der Waals surface area contributed by atoms with Gasteiger partial charge in [-0.15, -0.1) is 0 Å². The van der Waals surface area contributed by atoms with Gasteiger partial charge in [-0.25, -0.2) is 8.78 Å². The van der Waals surface area contributed by atoms with Crippen LogP contribution in [0.15, 0.2) is 29.0 Å². The summed E-state index contributed by atoms with van der Waals surface area (Å²) in [4.78, 5) is 0. The standard InChI is InChI=1S/C6F5.2ClH.Sb/c7-2-1-3(8)5(10)6(11)4(2)9;;;/h;2*1H;/p-2. The van der Waals surface area contributed by atoms with Crippen LogP contribution in [0.2, 0.25) is 0 Å². The van der Waals surface area contributed by atoms with E-state index in [0.717, 1.165) is 5.73 Å². The van der Waals surface area contributed by atoms with Crippen molar-refractivity contribution in [1.82, 2.24) is 0 Å². The van der Waals surface area contributed by atoms with Gasteiger partial charge in [0.05, 0.1) is 0 Å². The van der Waals surface area contributed by atoms with Crippen molar-refractivity contribution in [3.63, 3.8) is 0 Å². The van der Waals surface area contributed by atoms with Crippen LogP contribution in [-0.4, -0.2) is 24.4 Å². The van der Waals surface area contributed by atoms with Crippen molar-refractivity contribution in [2.45, 2.75) is 0 Å². The van der Waals surface area contributed by atoms with Gasteiger partial charge in [-0.1, -0.05) is 0 Å². The SMILES string of the molecule is F[C]1C(F)=C=C(F)C(F)=C1F.[Cl-].[Cl-].[Sb]. The molecule has 0 amide bonds. The molecule has 0 atom stereocenters. The molecule has 0 N–H and O–H groups in total. The van der Waals surface area contributed by atoms with Gasteiger partial charge in [0.2, 0.25) is 11.7 Å². The van der Waals surface area contributed by atoms with Gasteiger partial charge in [0.1, 0.15) is 0 Å². The molecule has 0 unspecified atom stereocenters. The molecule has 80 valence electrons. The van der Waals surface area contributed by atoms with Crippen LogP contribution in [0.4, 0.5) is 22.0 Å². The van der Waals surface area contributed by atoms with Gasteiger partial charge in [-0.3, -0.25) is 0 Å². The predicted octanol–water partition coefficient (Wildman–Crippen LogP) is -3.42. The number of halogens is 7. The fraction of sp³-hybridized carbons (Fsp3) is 0. The summed E-state index contributed by atoms with van der Waals surface area (Å²) in [5.41, 5.74) is 1.02. The summed E-state index contributed by atoms with van der Waals surface area (Å²) in [7, 11) is 0. The van der Waals surface area contributed by atoms with Crippen molar-refractivity contribution in [1.29, 1.82) is 0 Å². The van der Waals surface area contributed by atoms with Gasteiger partial charge in [0, 0.05) is 24.4 Å². The summed E-state index contributed by atoms with van der Waals surface area (Å²) in [6.45, 7) is 0. The monoisotopic (exact) mass is 358 g/mol. The minimum atomic E-state index is -2.17. The van der Waals surface area contributed by atoms with Crippen LogP contribution >= 0.6 is 0 Å². The molecule has 0 saturated heterocycles. The number of hydrogen-bond donors (Lipinski definition) is 0. The molecular weight excluding hydrogens is 360 g/mol. The Balaban J connectivity index is -0.000000403. The maximum atomic E-state index is 12.0. The van der Waals surface area contributed by atoms with E-state index < -0.39 is 29.5 Å². The summed E-state index contributed by atoms with van der Waals surface area (Å²) in [5, 5.41) is 0. The first-order chi connectivity index (χ1) is 5.04. The molecule has 0 aliphatic heterocycles. The molecule has 0 bridgehead atoms. The average molecular weight is 360 g/mol. The van der Waals surface area contributed by atoms with E-state index in [1.54, 1.807) is 0 Å². The van der Waals surface area contributed by atoms with Gasteiger partial charge in [-0.05, 0) is 5.73 Å². The first-order valence-corrected chi connectivity index (χ1v) is 2.44. The molecule has 0 saturated carbocycles. The second-order valence-electron chi connectivity index (χ2n) is 1.69. The molecule has 0 nitrogen and oxygen atoms in total. The predicted molar refractivity (Wildman–Crippen MR) is 32.1 cm³/mol. The number of rotatable bonds is 0. The first-order valence-electron chi connectivity index (χ1n) is 2.44. The van der Waals surface area contributed by atoms with Crippen molar-refractivity contribution in [2.75, 3.05) is 0 Å². The van der Waals surface area contributed by atoms with Crippen LogP contribution < -0.4 is 24.8 Å². The van der Waals surface area contributed by atoms with Crippen molar-refractivity contribution < 1.29 is 46.8 Å². The first kappa shape index (κ1) is 19.8. The molecule has 0 fully saturated rings. The van der Waals surface area contributed by atoms with Gasteiger partial charge < -0.3 is 24.8 Å². The Labute approximate surface area is 106 Å². The summed E-state index contributed by atoms with van der Waals surface area (Å²) in [5.74, 6) is -7.98. The van der Waals surface area contributed by atoms with E-state index in [1.807, 2.05) is 0 Å². The average Bonchev–Trinajstić information content (AvgIpc) is 1.97. The van der Waals surface area contributed by atoms with Crippen molar-refractivity contribution in [3.05, 3.63) is 35.2 Å². The van der Waals surface area contributed by atoms with E-state index in [9.17, 15) is 22.0 Å². The molecule has 4 radical (unpaired) electrons. The molecule has 1 aliphatic carbocycles. The van der Waals surface area contributed by atoms with Crippen LogP contribution in [0.5, 0.6) is 0 Å². The Morgan fingerprint density at radius 2 is 1.14 bits per heavy atom. The molecule has 8 heteroatoms. The third-order valence-corrected chi connectivity index (χ3v) is 0.990. The van der Waals surface area contributed by atoms with Crippen molar-refractivity contribution in [2.24, 2.45) is 0 Å². The second-order valence-corrected chi connectivity index (χ2v) is 1.69. The van der Waals surface area contributed by atoms with Gasteiger partial charge in [0.15, 0.2) is 11.7 Å². The Bertz CT molecular complexity index is 295. The largest absolute Gasteiger partial charge is 1.00 e. The second kappa shape index (κ2) is 7.58. The zero-order valence-electron chi connectivity index (χ0n) is 6.09. The maximum absolute atomic E-state index is 12.0. The molecule has 0 aromatic carbocycles. The van der Waals surface area contributed by atoms with Crippen LogP contribution in [0.1, 0.15) is 0 Å². The van der Waals surface area contributed by atoms with Crippen LogP contribution in [0.3, 0.4) is 0 Å². The Kier molecular flexibility index (Phi) is 10.7. The fourth-order valence-electron chi connectivity index (χ4n) is 0.495. The molecule has 0 heterocycles. The van der Waals surface area contributed by atoms with Crippen LogP contribution in [-0.2, 0) is 0 Å². The Morgan fingerprint density at radius 1 is 0.714 bits per heavy atom. The smallest absolute Gasteiger partial charge is 0.270 e. The van der Waals surface area contributed by atoms with Crippen molar-refractivity contribution >= 4 is 24.4 Å². The zero-order chi connectivity index (χ0) is 8.59. The van der Waals surface area contributed by atoms with Crippen molar-refractivity contribution in [3.8, 4) is 0 Å². The number of hydrogen-bond acceptors (Lipinski definition) is 0. The van der Waals surface area contributed by atoms with Gasteiger partial charge >= 0.3 is 0 Å². The minimum absolute atomic E-state index is 0. The summed E-state index contributed by atoms with van der Waals surface area (Å²) in [6, 6.07) is 0. The quantitative estimate of drug-likeness (QED) is 0.240. The third-order valence-electron chi connectivity index (χ3n) is 0.990. The van der Waals surface area contributed by atoms with Gasteiger partial charge in [-0.2, -0.15) is 13.2 Å². The van der Waals surface area contributed by atoms with Crippen LogP contribution in [0.25, 0.3) is 0 Å². The third kappa shape index (κ3) is 3.82. The van der Waals surface area contributed by atoms with E-state index in [0.29, 0.717) is 0 Å². The van der Waals surface area contributed by atoms with Crippen LogP contribution in [0, 0.1) is 6.17 Å². The Hall–Kier alpha value is 0.308. The molecule has 0 spiro atoms. The van der Waals surface area contributed by atoms with E-state index in [4.69, 9.17) is 0 Å². The molecular formula is C6Cl2F5Sb-2. The fourth-order valence-corrected chi connectivity index (χ4v) is 0.495. The maximum Gasteiger partial charge on any atom is 0.270 e. The molecule has 14 heavy (non-hydrogen) atoms. The molecule has 1 rings (SSSR count). The number of allylic oxidation sites excluding steroid dienone is 3. The molecule has 0 aromatic rings. The topological polar surface area (TPSA) is 0 Å². The normalized spacial score (nSPS) is 15.8. The minimum Gasteiger partial charge on any atom is -1.00 e. The molecule has 0 aromatic heterocycles.